The van der Waals surface area contributed by atoms with Gasteiger partial charge in [0.15, 0.2) is 5.75 Å². The highest BCUT2D eigenvalue weighted by Gasteiger charge is 2.09. The first-order valence-electron chi connectivity index (χ1n) is 6.51. The molecule has 0 aliphatic rings. The number of aryl methyl sites for hydroxylation is 1. The van der Waals surface area contributed by atoms with Gasteiger partial charge in [0.2, 0.25) is 0 Å². The SMILES string of the molecule is CCOc1c(Cl)cc(CNc2ccc(C)cc2)cc1Cl. The Kier molecular flexibility index (Phi) is 5.16. The van der Waals surface area contributed by atoms with Crippen molar-refractivity contribution in [2.75, 3.05) is 11.9 Å². The highest BCUT2D eigenvalue weighted by Crippen LogP contribution is 2.34. The lowest BCUT2D eigenvalue weighted by atomic mass is 10.2. The van der Waals surface area contributed by atoms with Crippen molar-refractivity contribution in [2.45, 2.75) is 20.4 Å². The molecule has 0 aromatic heterocycles. The summed E-state index contributed by atoms with van der Waals surface area (Å²) in [5, 5.41) is 4.42. The van der Waals surface area contributed by atoms with Crippen molar-refractivity contribution in [3.05, 3.63) is 57.6 Å². The van der Waals surface area contributed by atoms with Crippen LogP contribution in [0.15, 0.2) is 36.4 Å². The van der Waals surface area contributed by atoms with Crippen molar-refractivity contribution >= 4 is 28.9 Å². The maximum Gasteiger partial charge on any atom is 0.156 e. The average Bonchev–Trinajstić information content (AvgIpc) is 2.42. The van der Waals surface area contributed by atoms with Gasteiger partial charge >= 0.3 is 0 Å². The third-order valence-electron chi connectivity index (χ3n) is 2.89. The van der Waals surface area contributed by atoms with E-state index in [1.807, 2.05) is 31.2 Å². The van der Waals surface area contributed by atoms with E-state index in [9.17, 15) is 0 Å². The zero-order chi connectivity index (χ0) is 14.5. The minimum Gasteiger partial charge on any atom is -0.491 e. The molecule has 0 radical (unpaired) electrons. The molecule has 0 aliphatic heterocycles. The molecule has 20 heavy (non-hydrogen) atoms. The summed E-state index contributed by atoms with van der Waals surface area (Å²) in [6.07, 6.45) is 0. The van der Waals surface area contributed by atoms with E-state index in [0.29, 0.717) is 28.9 Å². The van der Waals surface area contributed by atoms with E-state index in [-0.39, 0.29) is 0 Å². The summed E-state index contributed by atoms with van der Waals surface area (Å²) >= 11 is 12.4. The van der Waals surface area contributed by atoms with Gasteiger partial charge in [0.1, 0.15) is 0 Å². The normalized spacial score (nSPS) is 10.4. The molecule has 4 heteroatoms. The van der Waals surface area contributed by atoms with Crippen molar-refractivity contribution in [3.8, 4) is 5.75 Å². The Labute approximate surface area is 129 Å². The molecule has 2 aromatic carbocycles. The number of hydrogen-bond acceptors (Lipinski definition) is 2. The molecule has 0 atom stereocenters. The number of benzene rings is 2. The molecule has 2 nitrogen and oxygen atoms in total. The lowest BCUT2D eigenvalue weighted by Gasteiger charge is -2.11. The molecule has 2 aromatic rings. The summed E-state index contributed by atoms with van der Waals surface area (Å²) < 4.78 is 5.41. The summed E-state index contributed by atoms with van der Waals surface area (Å²) in [5.74, 6) is 0.551. The molecule has 2 rings (SSSR count). The van der Waals surface area contributed by atoms with Crippen LogP contribution in [0.25, 0.3) is 0 Å². The monoisotopic (exact) mass is 309 g/mol. The van der Waals surface area contributed by atoms with Gasteiger partial charge in [-0.2, -0.15) is 0 Å². The van der Waals surface area contributed by atoms with Crippen LogP contribution >= 0.6 is 23.2 Å². The Morgan fingerprint density at radius 1 is 1.05 bits per heavy atom. The highest BCUT2D eigenvalue weighted by molar-refractivity contribution is 6.37. The molecule has 0 amide bonds. The molecular formula is C16H17Cl2NO. The van der Waals surface area contributed by atoms with Crippen LogP contribution in [-0.2, 0) is 6.54 Å². The van der Waals surface area contributed by atoms with Crippen LogP contribution < -0.4 is 10.1 Å². The van der Waals surface area contributed by atoms with Crippen molar-refractivity contribution < 1.29 is 4.74 Å². The number of rotatable bonds is 5. The summed E-state index contributed by atoms with van der Waals surface area (Å²) in [6, 6.07) is 12.0. The number of hydrogen-bond donors (Lipinski definition) is 1. The van der Waals surface area contributed by atoms with Crippen LogP contribution in [0.4, 0.5) is 5.69 Å². The van der Waals surface area contributed by atoms with Crippen LogP contribution in [-0.4, -0.2) is 6.61 Å². The lowest BCUT2D eigenvalue weighted by Crippen LogP contribution is -2.01. The van der Waals surface area contributed by atoms with E-state index < -0.39 is 0 Å². The topological polar surface area (TPSA) is 21.3 Å². The summed E-state index contributed by atoms with van der Waals surface area (Å²) in [6.45, 7) is 5.17. The Hall–Kier alpha value is -1.38. The first-order chi connectivity index (χ1) is 9.60. The van der Waals surface area contributed by atoms with Gasteiger partial charge in [-0.15, -0.1) is 0 Å². The van der Waals surface area contributed by atoms with Gasteiger partial charge in [-0.25, -0.2) is 0 Å². The van der Waals surface area contributed by atoms with Crippen LogP contribution in [0.2, 0.25) is 10.0 Å². The fourth-order valence-corrected chi connectivity index (χ4v) is 2.51. The predicted molar refractivity (Wildman–Crippen MR) is 86.1 cm³/mol. The van der Waals surface area contributed by atoms with Gasteiger partial charge in [-0.05, 0) is 43.7 Å². The van der Waals surface area contributed by atoms with Crippen LogP contribution in [0, 0.1) is 6.92 Å². The Bertz CT molecular complexity index is 559. The zero-order valence-corrected chi connectivity index (χ0v) is 13.1. The molecule has 0 spiro atoms. The fourth-order valence-electron chi connectivity index (χ4n) is 1.87. The number of anilines is 1. The van der Waals surface area contributed by atoms with Crippen LogP contribution in [0.5, 0.6) is 5.75 Å². The molecule has 106 valence electrons. The largest absolute Gasteiger partial charge is 0.491 e. The van der Waals surface area contributed by atoms with Crippen molar-refractivity contribution in [2.24, 2.45) is 0 Å². The number of ether oxygens (including phenoxy) is 1. The van der Waals surface area contributed by atoms with Gasteiger partial charge < -0.3 is 10.1 Å². The highest BCUT2D eigenvalue weighted by atomic mass is 35.5. The van der Waals surface area contributed by atoms with Gasteiger partial charge in [-0.1, -0.05) is 40.9 Å². The van der Waals surface area contributed by atoms with E-state index in [4.69, 9.17) is 27.9 Å². The fraction of sp³-hybridized carbons (Fsp3) is 0.250. The maximum atomic E-state index is 6.18. The first-order valence-corrected chi connectivity index (χ1v) is 7.27. The second-order valence-electron chi connectivity index (χ2n) is 4.54. The smallest absolute Gasteiger partial charge is 0.156 e. The molecule has 0 fully saturated rings. The zero-order valence-electron chi connectivity index (χ0n) is 11.5. The average molecular weight is 310 g/mol. The summed E-state index contributed by atoms with van der Waals surface area (Å²) in [5.41, 5.74) is 3.32. The Balaban J connectivity index is 2.08. The van der Waals surface area contributed by atoms with E-state index in [1.165, 1.54) is 5.56 Å². The molecule has 0 bridgehead atoms. The minimum atomic E-state index is 0.542. The Morgan fingerprint density at radius 2 is 1.65 bits per heavy atom. The predicted octanol–water partition coefficient (Wildman–Crippen LogP) is 5.31. The summed E-state index contributed by atoms with van der Waals surface area (Å²) in [4.78, 5) is 0. The molecule has 1 N–H and O–H groups in total. The van der Waals surface area contributed by atoms with Gasteiger partial charge in [0.05, 0.1) is 16.7 Å². The molecule has 0 unspecified atom stereocenters. The summed E-state index contributed by atoms with van der Waals surface area (Å²) in [7, 11) is 0. The molecule has 0 heterocycles. The van der Waals surface area contributed by atoms with E-state index >= 15 is 0 Å². The van der Waals surface area contributed by atoms with Crippen LogP contribution in [0.3, 0.4) is 0 Å². The molecule has 0 aliphatic carbocycles. The third-order valence-corrected chi connectivity index (χ3v) is 3.46. The standard InChI is InChI=1S/C16H17Cl2NO/c1-3-20-16-14(17)8-12(9-15(16)18)10-19-13-6-4-11(2)5-7-13/h4-9,19H,3,10H2,1-2H3. The van der Waals surface area contributed by atoms with Crippen LogP contribution in [0.1, 0.15) is 18.1 Å². The second kappa shape index (κ2) is 6.87. The molecular weight excluding hydrogens is 293 g/mol. The van der Waals surface area contributed by atoms with E-state index in [2.05, 4.69) is 24.4 Å². The second-order valence-corrected chi connectivity index (χ2v) is 5.36. The van der Waals surface area contributed by atoms with Crippen molar-refractivity contribution in [1.82, 2.24) is 0 Å². The van der Waals surface area contributed by atoms with Crippen molar-refractivity contribution in [1.29, 1.82) is 0 Å². The van der Waals surface area contributed by atoms with Crippen molar-refractivity contribution in [3.63, 3.8) is 0 Å². The van der Waals surface area contributed by atoms with E-state index in [1.54, 1.807) is 0 Å². The first kappa shape index (κ1) is 15.0. The minimum absolute atomic E-state index is 0.542. The number of nitrogens with one attached hydrogen (secondary N) is 1. The van der Waals surface area contributed by atoms with Gasteiger partial charge in [0.25, 0.3) is 0 Å². The van der Waals surface area contributed by atoms with Gasteiger partial charge in [0, 0.05) is 12.2 Å². The Morgan fingerprint density at radius 3 is 2.20 bits per heavy atom. The lowest BCUT2D eigenvalue weighted by molar-refractivity contribution is 0.340. The third kappa shape index (κ3) is 3.81. The van der Waals surface area contributed by atoms with Gasteiger partial charge in [-0.3, -0.25) is 0 Å². The molecule has 0 saturated carbocycles. The quantitative estimate of drug-likeness (QED) is 0.807. The van der Waals surface area contributed by atoms with E-state index in [0.717, 1.165) is 11.3 Å². The molecule has 0 saturated heterocycles. The number of halogens is 2. The maximum absolute atomic E-state index is 6.18.